The number of fused-ring (bicyclic) bond motifs is 1. The third kappa shape index (κ3) is 3.38. The molecule has 2 N–H and O–H groups in total. The number of hydrogen-bond acceptors (Lipinski definition) is 2. The fourth-order valence-electron chi connectivity index (χ4n) is 3.86. The zero-order valence-electron chi connectivity index (χ0n) is 14.5. The minimum absolute atomic E-state index is 0.384. The molecule has 1 amide bonds. The number of piperazine rings is 1. The van der Waals surface area contributed by atoms with E-state index in [0.29, 0.717) is 12.2 Å². The fourth-order valence-corrected chi connectivity index (χ4v) is 4.07. The largest absolute Gasteiger partial charge is 0.322 e. The highest BCUT2D eigenvalue weighted by Gasteiger charge is 2.38. The van der Waals surface area contributed by atoms with Crippen molar-refractivity contribution >= 4 is 29.0 Å². The van der Waals surface area contributed by atoms with Gasteiger partial charge in [-0.15, -0.1) is 0 Å². The Balaban J connectivity index is 1.36. The van der Waals surface area contributed by atoms with Gasteiger partial charge in [0, 0.05) is 10.6 Å². The van der Waals surface area contributed by atoms with E-state index >= 15 is 0 Å². The van der Waals surface area contributed by atoms with Crippen LogP contribution in [0.2, 0.25) is 5.02 Å². The zero-order chi connectivity index (χ0) is 18.1. The second-order valence-corrected chi connectivity index (χ2v) is 7.48. The van der Waals surface area contributed by atoms with Crippen molar-refractivity contribution in [3.8, 4) is 0 Å². The molecule has 1 fully saturated rings. The fraction of sp³-hybridized carbons (Fsp3) is 0.300. The van der Waals surface area contributed by atoms with Crippen molar-refractivity contribution in [2.45, 2.75) is 6.54 Å². The molecule has 0 bridgehead atoms. The number of quaternary nitrogens is 2. The highest BCUT2D eigenvalue weighted by molar-refractivity contribution is 6.52. The number of Topliss-reactive ketones (excluding diaryl/α,β-unsaturated/α-hetero) is 1. The van der Waals surface area contributed by atoms with Crippen molar-refractivity contribution in [1.29, 1.82) is 0 Å². The first kappa shape index (κ1) is 17.2. The van der Waals surface area contributed by atoms with E-state index in [4.69, 9.17) is 11.6 Å². The summed E-state index contributed by atoms with van der Waals surface area (Å²) in [6.45, 7) is 5.58. The molecule has 0 unspecified atom stereocenters. The summed E-state index contributed by atoms with van der Waals surface area (Å²) in [7, 11) is 0. The quantitative estimate of drug-likeness (QED) is 0.732. The van der Waals surface area contributed by atoms with E-state index in [1.54, 1.807) is 17.0 Å². The number of nitrogens with zero attached hydrogens (tertiary/aromatic N) is 1. The number of carbonyl (C=O) groups excluding carboxylic acids is 2. The second kappa shape index (κ2) is 7.19. The van der Waals surface area contributed by atoms with E-state index in [1.807, 2.05) is 30.3 Å². The van der Waals surface area contributed by atoms with Crippen molar-refractivity contribution in [3.63, 3.8) is 0 Å². The molecule has 0 radical (unpaired) electrons. The average molecular weight is 372 g/mol. The molecule has 0 saturated carbocycles. The highest BCUT2D eigenvalue weighted by Crippen LogP contribution is 2.27. The van der Waals surface area contributed by atoms with Gasteiger partial charge in [-0.1, -0.05) is 35.9 Å². The summed E-state index contributed by atoms with van der Waals surface area (Å²) in [6, 6.07) is 15.3. The monoisotopic (exact) mass is 371 g/mol. The number of ketones is 1. The summed E-state index contributed by atoms with van der Waals surface area (Å²) in [6.07, 6.45) is 0. The lowest BCUT2D eigenvalue weighted by atomic mass is 10.1. The highest BCUT2D eigenvalue weighted by atomic mass is 35.5. The molecule has 0 aromatic heterocycles. The number of rotatable bonds is 4. The smallest absolute Gasteiger partial charge is 0.303 e. The number of nitrogens with one attached hydrogen (secondary N) is 2. The van der Waals surface area contributed by atoms with Gasteiger partial charge in [0.15, 0.2) is 6.67 Å². The van der Waals surface area contributed by atoms with Crippen molar-refractivity contribution < 1.29 is 19.4 Å². The Bertz CT molecular complexity index is 846. The number of para-hydroxylation sites is 1. The minimum atomic E-state index is -0.396. The Morgan fingerprint density at radius 2 is 1.65 bits per heavy atom. The first-order chi connectivity index (χ1) is 12.6. The first-order valence-corrected chi connectivity index (χ1v) is 9.36. The van der Waals surface area contributed by atoms with Gasteiger partial charge in [0.1, 0.15) is 32.7 Å². The van der Waals surface area contributed by atoms with Gasteiger partial charge in [-0.05, 0) is 24.3 Å². The summed E-state index contributed by atoms with van der Waals surface area (Å²) < 4.78 is 0. The minimum Gasteiger partial charge on any atom is -0.322 e. The Kier molecular flexibility index (Phi) is 4.76. The summed E-state index contributed by atoms with van der Waals surface area (Å²) in [5.41, 5.74) is 2.54. The van der Waals surface area contributed by atoms with Crippen LogP contribution in [0.15, 0.2) is 48.5 Å². The van der Waals surface area contributed by atoms with Gasteiger partial charge in [-0.25, -0.2) is 0 Å². The van der Waals surface area contributed by atoms with Crippen LogP contribution in [0.25, 0.3) is 0 Å². The molecule has 2 heterocycles. The van der Waals surface area contributed by atoms with Gasteiger partial charge >= 0.3 is 5.91 Å². The summed E-state index contributed by atoms with van der Waals surface area (Å²) in [5, 5.41) is 0.780. The molecule has 4 rings (SSSR count). The lowest BCUT2D eigenvalue weighted by Crippen LogP contribution is -3.28. The van der Waals surface area contributed by atoms with E-state index in [2.05, 4.69) is 6.07 Å². The standard InChI is InChI=1S/C20H20ClN3O2/c21-16-5-3-4-15(12-16)13-22-8-10-23(11-9-22)14-24-18-7-2-1-6-17(18)19(25)20(24)26/h1-7,12H,8-11,13-14H2/p+2. The number of carbonyl (C=O) groups is 2. The van der Waals surface area contributed by atoms with Crippen molar-refractivity contribution in [2.24, 2.45) is 0 Å². The van der Waals surface area contributed by atoms with Gasteiger partial charge < -0.3 is 9.80 Å². The molecule has 0 spiro atoms. The molecule has 6 heteroatoms. The predicted octanol–water partition coefficient (Wildman–Crippen LogP) is -0.190. The normalized spacial score (nSPS) is 22.6. The van der Waals surface area contributed by atoms with Crippen LogP contribution in [0.1, 0.15) is 15.9 Å². The molecular formula is C20H22ClN3O2+2. The van der Waals surface area contributed by atoms with Crippen LogP contribution in [0.5, 0.6) is 0 Å². The first-order valence-electron chi connectivity index (χ1n) is 8.98. The molecule has 0 aliphatic carbocycles. The lowest BCUT2D eigenvalue weighted by Gasteiger charge is -2.31. The molecule has 2 aromatic rings. The zero-order valence-corrected chi connectivity index (χ0v) is 15.3. The number of halogens is 1. The Morgan fingerprint density at radius 3 is 2.42 bits per heavy atom. The van der Waals surface area contributed by atoms with E-state index < -0.39 is 5.91 Å². The predicted molar refractivity (Wildman–Crippen MR) is 99.7 cm³/mol. The SMILES string of the molecule is O=C1C(=O)N(C[NH+]2CC[NH+](Cc3cccc(Cl)c3)CC2)c2ccccc21. The molecule has 2 aliphatic rings. The molecule has 1 saturated heterocycles. The molecule has 5 nitrogen and oxygen atoms in total. The molecule has 0 atom stereocenters. The van der Waals surface area contributed by atoms with Gasteiger partial charge in [0.2, 0.25) is 0 Å². The number of anilines is 1. The van der Waals surface area contributed by atoms with Crippen LogP contribution < -0.4 is 14.7 Å². The van der Waals surface area contributed by atoms with Crippen molar-refractivity contribution in [2.75, 3.05) is 37.7 Å². The van der Waals surface area contributed by atoms with Gasteiger partial charge in [-0.3, -0.25) is 14.5 Å². The van der Waals surface area contributed by atoms with E-state index in [0.717, 1.165) is 43.4 Å². The van der Waals surface area contributed by atoms with Crippen LogP contribution in [0.3, 0.4) is 0 Å². The maximum Gasteiger partial charge on any atom is 0.303 e. The maximum atomic E-state index is 12.3. The van der Waals surface area contributed by atoms with E-state index in [1.165, 1.54) is 15.4 Å². The lowest BCUT2D eigenvalue weighted by molar-refractivity contribution is -1.02. The number of hydrogen-bond donors (Lipinski definition) is 2. The Hall–Kier alpha value is -2.21. The topological polar surface area (TPSA) is 46.3 Å². The number of amides is 1. The molecular weight excluding hydrogens is 350 g/mol. The van der Waals surface area contributed by atoms with E-state index in [-0.39, 0.29) is 5.78 Å². The van der Waals surface area contributed by atoms with Crippen LogP contribution in [0.4, 0.5) is 5.69 Å². The van der Waals surface area contributed by atoms with Crippen LogP contribution in [-0.2, 0) is 11.3 Å². The maximum absolute atomic E-state index is 12.3. The molecule has 134 valence electrons. The molecule has 2 aliphatic heterocycles. The third-order valence-corrected chi connectivity index (χ3v) is 5.50. The van der Waals surface area contributed by atoms with Gasteiger partial charge in [-0.2, -0.15) is 0 Å². The second-order valence-electron chi connectivity index (χ2n) is 7.04. The molecule has 2 aromatic carbocycles. The average Bonchev–Trinajstić information content (AvgIpc) is 2.89. The van der Waals surface area contributed by atoms with Crippen molar-refractivity contribution in [3.05, 3.63) is 64.7 Å². The van der Waals surface area contributed by atoms with Crippen LogP contribution in [0, 0.1) is 0 Å². The number of benzene rings is 2. The van der Waals surface area contributed by atoms with Crippen LogP contribution in [-0.4, -0.2) is 44.5 Å². The summed E-state index contributed by atoms with van der Waals surface area (Å²) in [5.74, 6) is -0.780. The Labute approximate surface area is 157 Å². The summed E-state index contributed by atoms with van der Waals surface area (Å²) in [4.78, 5) is 29.0. The van der Waals surface area contributed by atoms with Crippen molar-refractivity contribution in [1.82, 2.24) is 0 Å². The van der Waals surface area contributed by atoms with Gasteiger partial charge in [0.05, 0.1) is 11.3 Å². The Morgan fingerprint density at radius 1 is 0.923 bits per heavy atom. The van der Waals surface area contributed by atoms with Crippen LogP contribution >= 0.6 is 11.6 Å². The summed E-state index contributed by atoms with van der Waals surface area (Å²) >= 11 is 6.07. The molecule has 26 heavy (non-hydrogen) atoms. The third-order valence-electron chi connectivity index (χ3n) is 5.27. The van der Waals surface area contributed by atoms with Gasteiger partial charge in [0.25, 0.3) is 5.78 Å². The van der Waals surface area contributed by atoms with E-state index in [9.17, 15) is 9.59 Å².